The van der Waals surface area contributed by atoms with Crippen molar-refractivity contribution in [3.05, 3.63) is 46.0 Å². The predicted octanol–water partition coefficient (Wildman–Crippen LogP) is 2.41. The lowest BCUT2D eigenvalue weighted by atomic mass is 10.2. The van der Waals surface area contributed by atoms with Gasteiger partial charge >= 0.3 is 0 Å². The zero-order valence-corrected chi connectivity index (χ0v) is 9.63. The highest BCUT2D eigenvalue weighted by molar-refractivity contribution is 7.71. The number of halogens is 2. The quantitative estimate of drug-likeness (QED) is 0.660. The van der Waals surface area contributed by atoms with Gasteiger partial charge in [0, 0.05) is 5.56 Å². The van der Waals surface area contributed by atoms with Crippen LogP contribution in [0.1, 0.15) is 11.4 Å². The molecule has 0 spiro atoms. The molecule has 2 aromatic rings. The fourth-order valence-electron chi connectivity index (χ4n) is 1.24. The van der Waals surface area contributed by atoms with Crippen LogP contribution in [0.2, 0.25) is 0 Å². The molecule has 0 fully saturated rings. The lowest BCUT2D eigenvalue weighted by molar-refractivity contribution is 0.598. The van der Waals surface area contributed by atoms with Crippen molar-refractivity contribution in [2.24, 2.45) is 5.10 Å². The number of benzene rings is 1. The third-order valence-corrected chi connectivity index (χ3v) is 2.35. The monoisotopic (exact) mass is 254 g/mol. The molecule has 0 aliphatic rings. The Morgan fingerprint density at radius 2 is 2.24 bits per heavy atom. The Bertz CT molecular complexity index is 629. The van der Waals surface area contributed by atoms with E-state index >= 15 is 0 Å². The van der Waals surface area contributed by atoms with Gasteiger partial charge in [0.15, 0.2) is 0 Å². The summed E-state index contributed by atoms with van der Waals surface area (Å²) in [6.07, 6.45) is 1.19. The van der Waals surface area contributed by atoms with E-state index in [-0.39, 0.29) is 10.3 Å². The van der Waals surface area contributed by atoms with Gasteiger partial charge in [-0.15, -0.1) is 0 Å². The van der Waals surface area contributed by atoms with Crippen LogP contribution in [-0.4, -0.2) is 21.1 Å². The number of nitrogens with one attached hydrogen (secondary N) is 1. The van der Waals surface area contributed by atoms with E-state index in [1.165, 1.54) is 10.9 Å². The fraction of sp³-hybridized carbons (Fsp3) is 0.100. The third-order valence-electron chi connectivity index (χ3n) is 2.08. The van der Waals surface area contributed by atoms with Gasteiger partial charge in [-0.25, -0.2) is 8.78 Å². The zero-order valence-electron chi connectivity index (χ0n) is 8.82. The van der Waals surface area contributed by atoms with Gasteiger partial charge in [-0.05, 0) is 37.3 Å². The van der Waals surface area contributed by atoms with Crippen LogP contribution < -0.4 is 0 Å². The number of aryl methyl sites for hydroxylation is 1. The topological polar surface area (TPSA) is 46.0 Å². The molecule has 0 aliphatic carbocycles. The van der Waals surface area contributed by atoms with Crippen molar-refractivity contribution in [3.8, 4) is 0 Å². The largest absolute Gasteiger partial charge is 0.250 e. The number of rotatable bonds is 2. The molecule has 1 heterocycles. The van der Waals surface area contributed by atoms with E-state index in [1.54, 1.807) is 6.92 Å². The van der Waals surface area contributed by atoms with Crippen molar-refractivity contribution in [2.45, 2.75) is 6.92 Å². The summed E-state index contributed by atoms with van der Waals surface area (Å²) in [7, 11) is 0. The Balaban J connectivity index is 2.39. The molecule has 4 nitrogen and oxygen atoms in total. The van der Waals surface area contributed by atoms with Crippen molar-refractivity contribution in [1.82, 2.24) is 14.9 Å². The molecule has 7 heteroatoms. The molecule has 0 radical (unpaired) electrons. The minimum absolute atomic E-state index is 0.0486. The Morgan fingerprint density at radius 1 is 1.47 bits per heavy atom. The maximum atomic E-state index is 13.3. The van der Waals surface area contributed by atoms with Crippen LogP contribution in [0.15, 0.2) is 23.3 Å². The van der Waals surface area contributed by atoms with Gasteiger partial charge in [0.2, 0.25) is 4.77 Å². The molecule has 0 bridgehead atoms. The maximum Gasteiger partial charge on any atom is 0.216 e. The molecule has 17 heavy (non-hydrogen) atoms. The van der Waals surface area contributed by atoms with Crippen LogP contribution >= 0.6 is 12.2 Å². The summed E-state index contributed by atoms with van der Waals surface area (Å²) in [5, 5.41) is 10.3. The summed E-state index contributed by atoms with van der Waals surface area (Å²) in [5.41, 5.74) is 0.0486. The van der Waals surface area contributed by atoms with Crippen LogP contribution in [-0.2, 0) is 0 Å². The Morgan fingerprint density at radius 3 is 2.88 bits per heavy atom. The summed E-state index contributed by atoms with van der Waals surface area (Å²) in [5.74, 6) is -0.550. The molecule has 0 saturated heterocycles. The molecule has 0 saturated carbocycles. The highest BCUT2D eigenvalue weighted by Gasteiger charge is 2.02. The number of aromatic nitrogens is 3. The molecule has 1 N–H and O–H groups in total. The Hall–Kier alpha value is -1.89. The van der Waals surface area contributed by atoms with Crippen LogP contribution in [0.5, 0.6) is 0 Å². The van der Waals surface area contributed by atoms with Crippen LogP contribution in [0.25, 0.3) is 0 Å². The fourth-order valence-corrected chi connectivity index (χ4v) is 1.46. The van der Waals surface area contributed by atoms with Crippen LogP contribution in [0, 0.1) is 23.3 Å². The van der Waals surface area contributed by atoms with Gasteiger partial charge in [0.1, 0.15) is 17.5 Å². The number of nitrogens with zero attached hydrogens (tertiary/aromatic N) is 3. The first-order valence-corrected chi connectivity index (χ1v) is 5.12. The molecule has 1 aromatic heterocycles. The molecule has 0 atom stereocenters. The van der Waals surface area contributed by atoms with Gasteiger partial charge in [0.05, 0.1) is 6.21 Å². The normalized spacial score (nSPS) is 11.2. The summed E-state index contributed by atoms with van der Waals surface area (Å²) in [4.78, 5) is 0. The van der Waals surface area contributed by atoms with E-state index in [1.807, 2.05) is 0 Å². The highest BCUT2D eigenvalue weighted by Crippen LogP contribution is 2.07. The molecule has 2 rings (SSSR count). The van der Waals surface area contributed by atoms with E-state index < -0.39 is 11.6 Å². The van der Waals surface area contributed by atoms with E-state index in [9.17, 15) is 8.78 Å². The lowest BCUT2D eigenvalue weighted by Gasteiger charge is -1.97. The minimum atomic E-state index is -0.553. The summed E-state index contributed by atoms with van der Waals surface area (Å²) >= 11 is 4.91. The summed E-state index contributed by atoms with van der Waals surface area (Å²) in [6, 6.07) is 3.14. The number of H-pyrrole nitrogens is 1. The van der Waals surface area contributed by atoms with Crippen molar-refractivity contribution >= 4 is 18.4 Å². The average molecular weight is 254 g/mol. The van der Waals surface area contributed by atoms with Gasteiger partial charge < -0.3 is 0 Å². The molecule has 0 unspecified atom stereocenters. The average Bonchev–Trinajstić information content (AvgIpc) is 2.61. The number of hydrogen-bond donors (Lipinski definition) is 1. The van der Waals surface area contributed by atoms with E-state index in [4.69, 9.17) is 12.2 Å². The molecule has 1 aromatic carbocycles. The first-order valence-electron chi connectivity index (χ1n) is 4.71. The maximum absolute atomic E-state index is 13.3. The molecular formula is C10H8F2N4S. The first kappa shape index (κ1) is 11.6. The zero-order chi connectivity index (χ0) is 12.4. The summed E-state index contributed by atoms with van der Waals surface area (Å²) in [6.45, 7) is 1.69. The van der Waals surface area contributed by atoms with Gasteiger partial charge in [0.25, 0.3) is 0 Å². The van der Waals surface area contributed by atoms with Gasteiger partial charge in [-0.2, -0.15) is 14.9 Å². The van der Waals surface area contributed by atoms with Crippen molar-refractivity contribution < 1.29 is 8.78 Å². The molecule has 88 valence electrons. The minimum Gasteiger partial charge on any atom is -0.250 e. The van der Waals surface area contributed by atoms with Crippen LogP contribution in [0.3, 0.4) is 0 Å². The predicted molar refractivity (Wildman–Crippen MR) is 61.5 cm³/mol. The number of hydrogen-bond acceptors (Lipinski definition) is 3. The second kappa shape index (κ2) is 4.54. The Labute approximate surface area is 101 Å². The van der Waals surface area contributed by atoms with E-state index in [0.717, 1.165) is 18.2 Å². The standard InChI is InChI=1S/C10H8F2N4S/c1-6-14-15-10(17)16(6)13-5-7-4-8(11)2-3-9(7)12/h2-5H,1H3,(H,15,17). The van der Waals surface area contributed by atoms with Gasteiger partial charge in [-0.3, -0.25) is 5.10 Å². The second-order valence-electron chi connectivity index (χ2n) is 3.30. The smallest absolute Gasteiger partial charge is 0.216 e. The first-order chi connectivity index (χ1) is 8.08. The van der Waals surface area contributed by atoms with Crippen LogP contribution in [0.4, 0.5) is 8.78 Å². The van der Waals surface area contributed by atoms with Crippen molar-refractivity contribution in [1.29, 1.82) is 0 Å². The SMILES string of the molecule is Cc1n[nH]c(=S)n1N=Cc1cc(F)ccc1F. The molecule has 0 aliphatic heterocycles. The third kappa shape index (κ3) is 2.44. The second-order valence-corrected chi connectivity index (χ2v) is 3.68. The van der Waals surface area contributed by atoms with E-state index in [0.29, 0.717) is 5.82 Å². The van der Waals surface area contributed by atoms with E-state index in [2.05, 4.69) is 15.3 Å². The van der Waals surface area contributed by atoms with Crippen molar-refractivity contribution in [3.63, 3.8) is 0 Å². The Kier molecular flexibility index (Phi) is 3.10. The van der Waals surface area contributed by atoms with Crippen molar-refractivity contribution in [2.75, 3.05) is 0 Å². The highest BCUT2D eigenvalue weighted by atomic mass is 32.1. The summed E-state index contributed by atoms with van der Waals surface area (Å²) < 4.78 is 27.8. The van der Waals surface area contributed by atoms with Gasteiger partial charge in [-0.1, -0.05) is 0 Å². The molecule has 0 amide bonds. The number of aromatic amines is 1. The lowest BCUT2D eigenvalue weighted by Crippen LogP contribution is -1.96. The molecular weight excluding hydrogens is 246 g/mol.